The van der Waals surface area contributed by atoms with Gasteiger partial charge in [0.2, 0.25) is 5.91 Å². The van der Waals surface area contributed by atoms with Crippen LogP contribution in [0.5, 0.6) is 0 Å². The average molecular weight is 313 g/mol. The Kier molecular flexibility index (Phi) is 5.90. The van der Waals surface area contributed by atoms with Gasteiger partial charge in [0.05, 0.1) is 18.8 Å². The molecule has 1 unspecified atom stereocenters. The first-order valence-electron chi connectivity index (χ1n) is 6.39. The molecule has 0 saturated carbocycles. The van der Waals surface area contributed by atoms with Gasteiger partial charge in [-0.2, -0.15) is 0 Å². The molecule has 0 bridgehead atoms. The van der Waals surface area contributed by atoms with E-state index in [0.717, 1.165) is 5.56 Å². The summed E-state index contributed by atoms with van der Waals surface area (Å²) in [4.78, 5) is 22.9. The Balaban J connectivity index is 2.64. The molecular weight excluding hydrogens is 294 g/mol. The maximum Gasteiger partial charge on any atom is 0.306 e. The van der Waals surface area contributed by atoms with Crippen molar-refractivity contribution in [1.82, 2.24) is 0 Å². The van der Waals surface area contributed by atoms with Crippen molar-refractivity contribution in [3.63, 3.8) is 0 Å². The molecular formula is C14H19NO5S. The number of hydrogen-bond acceptors (Lipinski definition) is 5. The normalized spacial score (nSPS) is 12.5. The van der Waals surface area contributed by atoms with Gasteiger partial charge in [-0.3, -0.25) is 9.59 Å². The second kappa shape index (κ2) is 7.21. The summed E-state index contributed by atoms with van der Waals surface area (Å²) in [5.74, 6) is -1.92. The molecule has 0 saturated heterocycles. The molecule has 21 heavy (non-hydrogen) atoms. The molecule has 6 nitrogen and oxygen atoms in total. The van der Waals surface area contributed by atoms with Gasteiger partial charge in [0.1, 0.15) is 5.75 Å². The zero-order valence-electron chi connectivity index (χ0n) is 12.3. The predicted octanol–water partition coefficient (Wildman–Crippen LogP) is 1.30. The third kappa shape index (κ3) is 5.55. The lowest BCUT2D eigenvalue weighted by atomic mass is 10.2. The maximum absolute atomic E-state index is 12.0. The van der Waals surface area contributed by atoms with Crippen LogP contribution >= 0.6 is 0 Å². The van der Waals surface area contributed by atoms with Crippen LogP contribution < -0.4 is 5.32 Å². The number of nitrogens with one attached hydrogen (secondary N) is 1. The number of aryl methyl sites for hydroxylation is 1. The molecule has 0 radical (unpaired) electrons. The van der Waals surface area contributed by atoms with E-state index in [9.17, 15) is 18.0 Å². The molecule has 116 valence electrons. The first-order valence-corrected chi connectivity index (χ1v) is 8.11. The number of benzene rings is 1. The van der Waals surface area contributed by atoms with Crippen molar-refractivity contribution in [3.8, 4) is 0 Å². The van der Waals surface area contributed by atoms with Crippen LogP contribution in [0.3, 0.4) is 0 Å². The molecule has 1 aromatic rings. The van der Waals surface area contributed by atoms with Gasteiger partial charge in [-0.25, -0.2) is 8.42 Å². The molecule has 1 amide bonds. The van der Waals surface area contributed by atoms with E-state index in [4.69, 9.17) is 0 Å². The summed E-state index contributed by atoms with van der Waals surface area (Å²) in [7, 11) is -2.52. The van der Waals surface area contributed by atoms with Gasteiger partial charge >= 0.3 is 5.97 Å². The molecule has 0 aliphatic rings. The van der Waals surface area contributed by atoms with E-state index in [1.165, 1.54) is 14.0 Å². The fourth-order valence-corrected chi connectivity index (χ4v) is 2.72. The molecule has 0 fully saturated rings. The maximum atomic E-state index is 12.0. The van der Waals surface area contributed by atoms with Crippen molar-refractivity contribution >= 4 is 27.4 Å². The largest absolute Gasteiger partial charge is 0.469 e. The van der Waals surface area contributed by atoms with Crippen molar-refractivity contribution in [2.45, 2.75) is 25.5 Å². The standard InChI is InChI=1S/C14H19NO5S/c1-10-4-6-12(7-5-10)15-13(16)9-21(18,19)11(2)8-14(17)20-3/h4-7,11H,8-9H2,1-3H3,(H,15,16). The van der Waals surface area contributed by atoms with E-state index in [2.05, 4.69) is 10.1 Å². The summed E-state index contributed by atoms with van der Waals surface area (Å²) in [5, 5.41) is 1.55. The highest BCUT2D eigenvalue weighted by atomic mass is 32.2. The van der Waals surface area contributed by atoms with Gasteiger partial charge in [0.15, 0.2) is 9.84 Å². The molecule has 1 aromatic carbocycles. The Morgan fingerprint density at radius 2 is 1.81 bits per heavy atom. The Morgan fingerprint density at radius 3 is 2.33 bits per heavy atom. The third-order valence-electron chi connectivity index (χ3n) is 2.96. The topological polar surface area (TPSA) is 89.5 Å². The van der Waals surface area contributed by atoms with Gasteiger partial charge in [0, 0.05) is 5.69 Å². The first-order chi connectivity index (χ1) is 9.74. The number of amides is 1. The highest BCUT2D eigenvalue weighted by molar-refractivity contribution is 7.92. The number of carbonyl (C=O) groups is 2. The van der Waals surface area contributed by atoms with Crippen LogP contribution in [0, 0.1) is 6.92 Å². The van der Waals surface area contributed by atoms with Crippen molar-refractivity contribution in [1.29, 1.82) is 0 Å². The number of hydrogen-bond donors (Lipinski definition) is 1. The number of rotatable bonds is 6. The molecule has 0 heterocycles. The molecule has 0 spiro atoms. The summed E-state index contributed by atoms with van der Waals surface area (Å²) in [6.45, 7) is 3.29. The van der Waals surface area contributed by atoms with Crippen LogP contribution in [0.2, 0.25) is 0 Å². The lowest BCUT2D eigenvalue weighted by molar-refractivity contribution is -0.140. The number of anilines is 1. The van der Waals surface area contributed by atoms with E-state index < -0.39 is 32.7 Å². The number of ether oxygens (including phenoxy) is 1. The predicted molar refractivity (Wildman–Crippen MR) is 79.7 cm³/mol. The Hall–Kier alpha value is -1.89. The first kappa shape index (κ1) is 17.2. The van der Waals surface area contributed by atoms with Crippen molar-refractivity contribution in [2.75, 3.05) is 18.2 Å². The minimum atomic E-state index is -3.71. The molecule has 7 heteroatoms. The minimum absolute atomic E-state index is 0.267. The van der Waals surface area contributed by atoms with Crippen LogP contribution in [-0.4, -0.2) is 38.4 Å². The van der Waals surface area contributed by atoms with Crippen molar-refractivity contribution in [2.24, 2.45) is 0 Å². The van der Waals surface area contributed by atoms with E-state index in [0.29, 0.717) is 5.69 Å². The monoisotopic (exact) mass is 313 g/mol. The van der Waals surface area contributed by atoms with E-state index in [-0.39, 0.29) is 6.42 Å². The number of sulfone groups is 1. The SMILES string of the molecule is COC(=O)CC(C)S(=O)(=O)CC(=O)Nc1ccc(C)cc1. The van der Waals surface area contributed by atoms with Crippen molar-refractivity contribution < 1.29 is 22.7 Å². The summed E-state index contributed by atoms with van der Waals surface area (Å²) in [6.07, 6.45) is -0.267. The molecule has 1 atom stereocenters. The summed E-state index contributed by atoms with van der Waals surface area (Å²) >= 11 is 0. The molecule has 0 aliphatic heterocycles. The number of esters is 1. The zero-order valence-corrected chi connectivity index (χ0v) is 13.1. The van der Waals surface area contributed by atoms with Gasteiger partial charge in [-0.05, 0) is 26.0 Å². The van der Waals surface area contributed by atoms with Crippen LogP contribution in [0.1, 0.15) is 18.9 Å². The van der Waals surface area contributed by atoms with Gasteiger partial charge in [-0.1, -0.05) is 17.7 Å². The van der Waals surface area contributed by atoms with Gasteiger partial charge < -0.3 is 10.1 Å². The van der Waals surface area contributed by atoms with Crippen LogP contribution in [0.15, 0.2) is 24.3 Å². The summed E-state index contributed by atoms with van der Waals surface area (Å²) in [5.41, 5.74) is 1.56. The fraction of sp³-hybridized carbons (Fsp3) is 0.429. The smallest absolute Gasteiger partial charge is 0.306 e. The van der Waals surface area contributed by atoms with Crippen LogP contribution in [0.4, 0.5) is 5.69 Å². The van der Waals surface area contributed by atoms with E-state index >= 15 is 0 Å². The number of carbonyl (C=O) groups excluding carboxylic acids is 2. The molecule has 1 N–H and O–H groups in total. The Morgan fingerprint density at radius 1 is 1.24 bits per heavy atom. The molecule has 0 aromatic heterocycles. The van der Waals surface area contributed by atoms with Crippen LogP contribution in [0.25, 0.3) is 0 Å². The lowest BCUT2D eigenvalue weighted by Crippen LogP contribution is -2.31. The van der Waals surface area contributed by atoms with Crippen molar-refractivity contribution in [3.05, 3.63) is 29.8 Å². The Bertz CT molecular complexity index is 607. The highest BCUT2D eigenvalue weighted by Crippen LogP contribution is 2.11. The second-order valence-corrected chi connectivity index (χ2v) is 7.23. The lowest BCUT2D eigenvalue weighted by Gasteiger charge is -2.12. The average Bonchev–Trinajstić information content (AvgIpc) is 2.40. The van der Waals surface area contributed by atoms with E-state index in [1.807, 2.05) is 19.1 Å². The number of methoxy groups -OCH3 is 1. The van der Waals surface area contributed by atoms with Gasteiger partial charge in [-0.15, -0.1) is 0 Å². The quantitative estimate of drug-likeness (QED) is 0.800. The molecule has 0 aliphatic carbocycles. The summed E-state index contributed by atoms with van der Waals surface area (Å²) < 4.78 is 28.4. The fourth-order valence-electron chi connectivity index (χ4n) is 1.60. The Labute approximate surface area is 124 Å². The van der Waals surface area contributed by atoms with E-state index in [1.54, 1.807) is 12.1 Å². The minimum Gasteiger partial charge on any atom is -0.469 e. The van der Waals surface area contributed by atoms with Crippen LogP contribution in [-0.2, 0) is 24.2 Å². The summed E-state index contributed by atoms with van der Waals surface area (Å²) in [6, 6.07) is 7.00. The zero-order chi connectivity index (χ0) is 16.0. The third-order valence-corrected chi connectivity index (χ3v) is 5.02. The van der Waals surface area contributed by atoms with Gasteiger partial charge in [0.25, 0.3) is 0 Å². The molecule has 1 rings (SSSR count). The highest BCUT2D eigenvalue weighted by Gasteiger charge is 2.26. The second-order valence-electron chi connectivity index (χ2n) is 4.81.